The van der Waals surface area contributed by atoms with Crippen LogP contribution >= 0.6 is 0 Å². The Balaban J connectivity index is 2.30. The lowest BCUT2D eigenvalue weighted by atomic mass is 10.0. The molecule has 0 fully saturated rings. The van der Waals surface area contributed by atoms with E-state index < -0.39 is 0 Å². The molecule has 0 bridgehead atoms. The molecule has 0 saturated heterocycles. The van der Waals surface area contributed by atoms with Crippen molar-refractivity contribution in [1.82, 2.24) is 0 Å². The molecule has 0 spiro atoms. The van der Waals surface area contributed by atoms with Crippen LogP contribution in [0.1, 0.15) is 16.7 Å². The molecule has 0 saturated carbocycles. The van der Waals surface area contributed by atoms with Crippen molar-refractivity contribution in [2.45, 2.75) is 6.42 Å². The van der Waals surface area contributed by atoms with E-state index in [9.17, 15) is 0 Å². The van der Waals surface area contributed by atoms with E-state index in [1.807, 2.05) is 48.5 Å². The van der Waals surface area contributed by atoms with Gasteiger partial charge in [-0.15, -0.1) is 6.58 Å². The lowest BCUT2D eigenvalue weighted by Gasteiger charge is -1.99. The zero-order chi connectivity index (χ0) is 11.9. The molecule has 0 radical (unpaired) electrons. The summed E-state index contributed by atoms with van der Waals surface area (Å²) in [6.07, 6.45) is 2.77. The summed E-state index contributed by atoms with van der Waals surface area (Å²) in [5.41, 5.74) is 3.35. The van der Waals surface area contributed by atoms with Gasteiger partial charge in [-0.05, 0) is 30.2 Å². The van der Waals surface area contributed by atoms with Gasteiger partial charge >= 0.3 is 0 Å². The van der Waals surface area contributed by atoms with E-state index in [4.69, 9.17) is 0 Å². The first-order chi connectivity index (χ1) is 8.40. The molecule has 2 aromatic rings. The lowest BCUT2D eigenvalue weighted by Crippen LogP contribution is -1.86. The van der Waals surface area contributed by atoms with Gasteiger partial charge in [-0.25, -0.2) is 0 Å². The fourth-order valence-electron chi connectivity index (χ4n) is 1.64. The predicted octanol–water partition coefficient (Wildman–Crippen LogP) is 3.81. The topological polar surface area (TPSA) is 0 Å². The molecule has 0 atom stereocenters. The first-order valence-corrected chi connectivity index (χ1v) is 5.66. The zero-order valence-electron chi connectivity index (χ0n) is 9.69. The highest BCUT2D eigenvalue weighted by atomic mass is 14.0. The van der Waals surface area contributed by atoms with Gasteiger partial charge in [0.15, 0.2) is 0 Å². The number of rotatable bonds is 2. The molecule has 0 unspecified atom stereocenters. The average Bonchev–Trinajstić information content (AvgIpc) is 2.39. The highest BCUT2D eigenvalue weighted by molar-refractivity contribution is 5.46. The van der Waals surface area contributed by atoms with Gasteiger partial charge in [0.2, 0.25) is 0 Å². The molecule has 0 nitrogen and oxygen atoms in total. The summed E-state index contributed by atoms with van der Waals surface area (Å²) in [4.78, 5) is 0. The quantitative estimate of drug-likeness (QED) is 0.531. The minimum atomic E-state index is 0.861. The molecule has 2 aromatic carbocycles. The lowest BCUT2D eigenvalue weighted by molar-refractivity contribution is 1.26. The summed E-state index contributed by atoms with van der Waals surface area (Å²) in [5, 5.41) is 0. The van der Waals surface area contributed by atoms with Crippen LogP contribution in [-0.2, 0) is 6.42 Å². The van der Waals surface area contributed by atoms with Crippen LogP contribution in [0.15, 0.2) is 67.3 Å². The summed E-state index contributed by atoms with van der Waals surface area (Å²) < 4.78 is 0. The zero-order valence-corrected chi connectivity index (χ0v) is 9.69. The van der Waals surface area contributed by atoms with Crippen LogP contribution in [0.25, 0.3) is 0 Å². The van der Waals surface area contributed by atoms with Crippen LogP contribution in [0.5, 0.6) is 0 Å². The normalized spacial score (nSPS) is 9.18. The molecule has 82 valence electrons. The SMILES string of the molecule is C=CCc1ccccc1C#Cc1ccccc1. The van der Waals surface area contributed by atoms with Crippen molar-refractivity contribution in [1.29, 1.82) is 0 Å². The van der Waals surface area contributed by atoms with E-state index in [2.05, 4.69) is 30.6 Å². The Morgan fingerprint density at radius 2 is 1.59 bits per heavy atom. The van der Waals surface area contributed by atoms with E-state index in [0.29, 0.717) is 0 Å². The van der Waals surface area contributed by atoms with E-state index in [1.54, 1.807) is 0 Å². The number of hydrogen-bond donors (Lipinski definition) is 0. The Bertz CT molecular complexity index is 553. The summed E-state index contributed by atoms with van der Waals surface area (Å²) in [6.45, 7) is 3.77. The average molecular weight is 218 g/mol. The Hall–Kier alpha value is -2.26. The highest BCUT2D eigenvalue weighted by Gasteiger charge is 1.95. The van der Waals surface area contributed by atoms with Crippen molar-refractivity contribution in [2.75, 3.05) is 0 Å². The maximum absolute atomic E-state index is 3.77. The fraction of sp³-hybridized carbons (Fsp3) is 0.0588. The third-order valence-corrected chi connectivity index (χ3v) is 2.50. The molecular formula is C17H14. The summed E-state index contributed by atoms with van der Waals surface area (Å²) in [7, 11) is 0. The van der Waals surface area contributed by atoms with Gasteiger partial charge < -0.3 is 0 Å². The van der Waals surface area contributed by atoms with E-state index >= 15 is 0 Å². The molecule has 2 rings (SSSR count). The number of allylic oxidation sites excluding steroid dienone is 1. The van der Waals surface area contributed by atoms with Crippen molar-refractivity contribution in [3.8, 4) is 11.8 Å². The van der Waals surface area contributed by atoms with Gasteiger partial charge in [0, 0.05) is 11.1 Å². The Morgan fingerprint density at radius 3 is 2.35 bits per heavy atom. The first-order valence-electron chi connectivity index (χ1n) is 5.66. The van der Waals surface area contributed by atoms with Crippen LogP contribution in [0, 0.1) is 11.8 Å². The molecule has 0 aromatic heterocycles. The van der Waals surface area contributed by atoms with Crippen LogP contribution in [0.2, 0.25) is 0 Å². The Labute approximate surface area is 103 Å². The maximum atomic E-state index is 3.77. The standard InChI is InChI=1S/C17H14/c1-2-8-16-11-6-7-12-17(16)14-13-15-9-4-3-5-10-15/h2-7,9-12H,1,8H2. The number of hydrogen-bond acceptors (Lipinski definition) is 0. The van der Waals surface area contributed by atoms with Crippen LogP contribution in [-0.4, -0.2) is 0 Å². The smallest absolute Gasteiger partial charge is 0.0284 e. The van der Waals surface area contributed by atoms with E-state index in [-0.39, 0.29) is 0 Å². The summed E-state index contributed by atoms with van der Waals surface area (Å²) >= 11 is 0. The largest absolute Gasteiger partial charge is 0.103 e. The van der Waals surface area contributed by atoms with E-state index in [0.717, 1.165) is 17.5 Å². The van der Waals surface area contributed by atoms with Crippen LogP contribution in [0.3, 0.4) is 0 Å². The Kier molecular flexibility index (Phi) is 3.78. The maximum Gasteiger partial charge on any atom is 0.0284 e. The third kappa shape index (κ3) is 3.09. The second-order valence-electron chi connectivity index (χ2n) is 3.77. The molecule has 0 aliphatic heterocycles. The Morgan fingerprint density at radius 1 is 0.882 bits per heavy atom. The molecule has 0 aliphatic rings. The summed E-state index contributed by atoms with van der Waals surface area (Å²) in [6, 6.07) is 18.2. The minimum absolute atomic E-state index is 0.861. The highest BCUT2D eigenvalue weighted by Crippen LogP contribution is 2.08. The van der Waals surface area contributed by atoms with Crippen LogP contribution < -0.4 is 0 Å². The predicted molar refractivity (Wildman–Crippen MR) is 72.8 cm³/mol. The molecule has 17 heavy (non-hydrogen) atoms. The van der Waals surface area contributed by atoms with Crippen molar-refractivity contribution < 1.29 is 0 Å². The second kappa shape index (κ2) is 5.72. The van der Waals surface area contributed by atoms with Gasteiger partial charge in [0.05, 0.1) is 0 Å². The van der Waals surface area contributed by atoms with Gasteiger partial charge in [0.25, 0.3) is 0 Å². The monoisotopic (exact) mass is 218 g/mol. The third-order valence-electron chi connectivity index (χ3n) is 2.50. The van der Waals surface area contributed by atoms with Crippen molar-refractivity contribution in [3.05, 3.63) is 83.9 Å². The first kappa shape index (κ1) is 11.2. The van der Waals surface area contributed by atoms with E-state index in [1.165, 1.54) is 5.56 Å². The molecular weight excluding hydrogens is 204 g/mol. The molecule has 0 heteroatoms. The van der Waals surface area contributed by atoms with Gasteiger partial charge in [-0.3, -0.25) is 0 Å². The van der Waals surface area contributed by atoms with Crippen molar-refractivity contribution in [2.24, 2.45) is 0 Å². The molecule has 0 heterocycles. The van der Waals surface area contributed by atoms with Gasteiger partial charge in [-0.2, -0.15) is 0 Å². The molecule has 0 N–H and O–H groups in total. The van der Waals surface area contributed by atoms with Crippen molar-refractivity contribution in [3.63, 3.8) is 0 Å². The molecule has 0 amide bonds. The van der Waals surface area contributed by atoms with Gasteiger partial charge in [-0.1, -0.05) is 54.3 Å². The fourth-order valence-corrected chi connectivity index (χ4v) is 1.64. The van der Waals surface area contributed by atoms with Gasteiger partial charge in [0.1, 0.15) is 0 Å². The summed E-state index contributed by atoms with van der Waals surface area (Å²) in [5.74, 6) is 6.39. The number of benzene rings is 2. The van der Waals surface area contributed by atoms with Crippen molar-refractivity contribution >= 4 is 0 Å². The minimum Gasteiger partial charge on any atom is -0.103 e. The molecule has 0 aliphatic carbocycles. The second-order valence-corrected chi connectivity index (χ2v) is 3.77. The van der Waals surface area contributed by atoms with Crippen LogP contribution in [0.4, 0.5) is 0 Å².